The zero-order valence-electron chi connectivity index (χ0n) is 15.2. The van der Waals surface area contributed by atoms with Crippen molar-refractivity contribution >= 4 is 22.7 Å². The van der Waals surface area contributed by atoms with Crippen LogP contribution in [0.25, 0.3) is 0 Å². The van der Waals surface area contributed by atoms with Crippen molar-refractivity contribution in [3.8, 4) is 0 Å². The van der Waals surface area contributed by atoms with Gasteiger partial charge < -0.3 is 10.6 Å². The number of benzene rings is 1. The van der Waals surface area contributed by atoms with Gasteiger partial charge in [-0.1, -0.05) is 18.2 Å². The minimum Gasteiger partial charge on any atom is -0.380 e. The Morgan fingerprint density at radius 3 is 2.15 bits per heavy atom. The van der Waals surface area contributed by atoms with Crippen molar-refractivity contribution in [2.24, 2.45) is 0 Å². The second-order valence-electron chi connectivity index (χ2n) is 6.62. The Hall–Kier alpha value is -2.40. The number of thiophene rings is 1. The molecule has 0 aliphatic carbocycles. The zero-order valence-corrected chi connectivity index (χ0v) is 16.0. The first-order valence-electron chi connectivity index (χ1n) is 8.95. The van der Waals surface area contributed by atoms with Crippen LogP contribution in [-0.4, -0.2) is 13.1 Å². The number of rotatable bonds is 9. The van der Waals surface area contributed by atoms with E-state index in [2.05, 4.69) is 54.1 Å². The van der Waals surface area contributed by atoms with Crippen molar-refractivity contribution in [1.82, 2.24) is 0 Å². The van der Waals surface area contributed by atoms with Gasteiger partial charge in [0.2, 0.25) is 0 Å². The highest BCUT2D eigenvalue weighted by Gasteiger charge is 2.19. The standard InChI is InChI=1S/C21H24N2O2S/c1-14-5-3-6-15(2)17(14)7-4-10-22-18-19(21(25)20(18)24)23-11-8-16-9-12-26-13-16/h3,5-6,9,12-13,22-23H,4,7-8,10-11H2,1-2H3. The van der Waals surface area contributed by atoms with Crippen LogP contribution in [0.4, 0.5) is 11.4 Å². The third-order valence-electron chi connectivity index (χ3n) is 4.76. The Morgan fingerprint density at radius 2 is 1.54 bits per heavy atom. The van der Waals surface area contributed by atoms with Gasteiger partial charge in [-0.3, -0.25) is 9.59 Å². The van der Waals surface area contributed by atoms with Crippen molar-refractivity contribution in [2.75, 3.05) is 23.7 Å². The van der Waals surface area contributed by atoms with Gasteiger partial charge in [0.1, 0.15) is 11.4 Å². The summed E-state index contributed by atoms with van der Waals surface area (Å²) >= 11 is 1.66. The molecule has 3 rings (SSSR count). The van der Waals surface area contributed by atoms with Gasteiger partial charge in [0, 0.05) is 13.1 Å². The molecule has 2 aromatic carbocycles. The molecule has 0 unspecified atom stereocenters. The van der Waals surface area contributed by atoms with Crippen LogP contribution in [0.5, 0.6) is 0 Å². The average Bonchev–Trinajstić information content (AvgIpc) is 3.14. The van der Waals surface area contributed by atoms with Crippen molar-refractivity contribution in [3.05, 3.63) is 77.7 Å². The van der Waals surface area contributed by atoms with Crippen LogP contribution in [0.1, 0.15) is 28.7 Å². The molecule has 3 aromatic rings. The van der Waals surface area contributed by atoms with E-state index in [1.54, 1.807) is 11.3 Å². The second-order valence-corrected chi connectivity index (χ2v) is 7.40. The first kappa shape index (κ1) is 18.4. The third kappa shape index (κ3) is 4.05. The SMILES string of the molecule is Cc1cccc(C)c1CCCNc1c(NCCc2ccsc2)c(=O)c1=O. The van der Waals surface area contributed by atoms with Crippen LogP contribution in [0.3, 0.4) is 0 Å². The topological polar surface area (TPSA) is 58.2 Å². The predicted molar refractivity (Wildman–Crippen MR) is 111 cm³/mol. The molecule has 0 aliphatic heterocycles. The van der Waals surface area contributed by atoms with E-state index in [0.717, 1.165) is 19.3 Å². The summed E-state index contributed by atoms with van der Waals surface area (Å²) in [5.74, 6) is 0. The molecule has 0 fully saturated rings. The summed E-state index contributed by atoms with van der Waals surface area (Å²) in [6, 6.07) is 8.40. The summed E-state index contributed by atoms with van der Waals surface area (Å²) in [5, 5.41) is 10.4. The van der Waals surface area contributed by atoms with Crippen molar-refractivity contribution in [3.63, 3.8) is 0 Å². The molecule has 1 heterocycles. The van der Waals surface area contributed by atoms with Crippen LogP contribution >= 0.6 is 11.3 Å². The molecule has 0 bridgehead atoms. The number of anilines is 2. The molecule has 0 atom stereocenters. The van der Waals surface area contributed by atoms with Crippen molar-refractivity contribution < 1.29 is 0 Å². The van der Waals surface area contributed by atoms with Gasteiger partial charge in [0.25, 0.3) is 10.9 Å². The maximum Gasteiger partial charge on any atom is 0.253 e. The minimum absolute atomic E-state index is 0.407. The van der Waals surface area contributed by atoms with E-state index in [1.165, 1.54) is 22.3 Å². The number of hydrogen-bond donors (Lipinski definition) is 2. The van der Waals surface area contributed by atoms with E-state index in [9.17, 15) is 9.59 Å². The molecular weight excluding hydrogens is 344 g/mol. The fourth-order valence-electron chi connectivity index (χ4n) is 3.22. The number of aryl methyl sites for hydroxylation is 2. The molecular formula is C21H24N2O2S. The van der Waals surface area contributed by atoms with Gasteiger partial charge in [0.15, 0.2) is 0 Å². The van der Waals surface area contributed by atoms with Crippen LogP contribution in [0.15, 0.2) is 44.6 Å². The molecule has 0 aliphatic rings. The molecule has 26 heavy (non-hydrogen) atoms. The summed E-state index contributed by atoms with van der Waals surface area (Å²) in [7, 11) is 0. The fraction of sp³-hybridized carbons (Fsp3) is 0.333. The van der Waals surface area contributed by atoms with Crippen LogP contribution in [0, 0.1) is 13.8 Å². The zero-order chi connectivity index (χ0) is 18.5. The van der Waals surface area contributed by atoms with E-state index in [4.69, 9.17) is 0 Å². The lowest BCUT2D eigenvalue weighted by atomic mass is 9.99. The largest absolute Gasteiger partial charge is 0.380 e. The summed E-state index contributed by atoms with van der Waals surface area (Å²) in [4.78, 5) is 23.6. The van der Waals surface area contributed by atoms with Gasteiger partial charge in [-0.2, -0.15) is 11.3 Å². The van der Waals surface area contributed by atoms with Gasteiger partial charge in [-0.25, -0.2) is 0 Å². The monoisotopic (exact) mass is 368 g/mol. The maximum absolute atomic E-state index is 11.8. The Kier molecular flexibility index (Phi) is 5.89. The van der Waals surface area contributed by atoms with E-state index in [0.29, 0.717) is 24.5 Å². The summed E-state index contributed by atoms with van der Waals surface area (Å²) in [6.45, 7) is 5.58. The predicted octanol–water partition coefficient (Wildman–Crippen LogP) is 3.66. The summed E-state index contributed by atoms with van der Waals surface area (Å²) in [6.07, 6.45) is 2.72. The number of nitrogens with one attached hydrogen (secondary N) is 2. The molecule has 0 saturated heterocycles. The molecule has 0 radical (unpaired) electrons. The first-order chi connectivity index (χ1) is 12.6. The van der Waals surface area contributed by atoms with E-state index >= 15 is 0 Å². The van der Waals surface area contributed by atoms with Crippen molar-refractivity contribution in [1.29, 1.82) is 0 Å². The molecule has 4 nitrogen and oxygen atoms in total. The Morgan fingerprint density at radius 1 is 0.885 bits per heavy atom. The van der Waals surface area contributed by atoms with Crippen LogP contribution in [0.2, 0.25) is 0 Å². The molecule has 5 heteroatoms. The molecule has 0 spiro atoms. The van der Waals surface area contributed by atoms with Crippen molar-refractivity contribution in [2.45, 2.75) is 33.1 Å². The normalized spacial score (nSPS) is 11.0. The lowest BCUT2D eigenvalue weighted by Crippen LogP contribution is -2.38. The van der Waals surface area contributed by atoms with Gasteiger partial charge >= 0.3 is 0 Å². The van der Waals surface area contributed by atoms with Gasteiger partial charge in [0.05, 0.1) is 0 Å². The highest BCUT2D eigenvalue weighted by atomic mass is 32.1. The highest BCUT2D eigenvalue weighted by Crippen LogP contribution is 2.17. The van der Waals surface area contributed by atoms with E-state index in [-0.39, 0.29) is 0 Å². The average molecular weight is 369 g/mol. The fourth-order valence-corrected chi connectivity index (χ4v) is 3.92. The van der Waals surface area contributed by atoms with Crippen LogP contribution < -0.4 is 21.5 Å². The van der Waals surface area contributed by atoms with Gasteiger partial charge in [-0.05, 0) is 72.2 Å². The third-order valence-corrected chi connectivity index (χ3v) is 5.49. The van der Waals surface area contributed by atoms with Gasteiger partial charge in [-0.15, -0.1) is 0 Å². The Bertz CT molecular complexity index is 917. The lowest BCUT2D eigenvalue weighted by Gasteiger charge is -2.15. The lowest BCUT2D eigenvalue weighted by molar-refractivity contribution is 0.848. The minimum atomic E-state index is -0.410. The number of hydrogen-bond acceptors (Lipinski definition) is 5. The van der Waals surface area contributed by atoms with Crippen LogP contribution in [-0.2, 0) is 12.8 Å². The Balaban J connectivity index is 1.50. The second kappa shape index (κ2) is 8.32. The molecule has 0 amide bonds. The molecule has 0 saturated carbocycles. The smallest absolute Gasteiger partial charge is 0.253 e. The van der Waals surface area contributed by atoms with E-state index in [1.807, 2.05) is 5.38 Å². The molecule has 2 N–H and O–H groups in total. The molecule has 136 valence electrons. The first-order valence-corrected chi connectivity index (χ1v) is 9.89. The summed E-state index contributed by atoms with van der Waals surface area (Å²) in [5.41, 5.74) is 5.28. The highest BCUT2D eigenvalue weighted by molar-refractivity contribution is 7.07. The molecule has 1 aromatic heterocycles. The quantitative estimate of drug-likeness (QED) is 0.447. The summed E-state index contributed by atoms with van der Waals surface area (Å²) < 4.78 is 0. The Labute approximate surface area is 157 Å². The maximum atomic E-state index is 11.8. The van der Waals surface area contributed by atoms with E-state index < -0.39 is 10.9 Å².